The molecule has 2 bridgehead atoms. The highest BCUT2D eigenvalue weighted by Gasteiger charge is 2.73. The van der Waals surface area contributed by atoms with E-state index >= 15 is 4.79 Å². The van der Waals surface area contributed by atoms with Crippen molar-refractivity contribution in [3.05, 3.63) is 163 Å². The Labute approximate surface area is 548 Å². The quantitative estimate of drug-likeness (QED) is 0.0573. The number of halogens is 3. The number of ether oxygens (including phenoxy) is 5. The lowest BCUT2D eigenvalue weighted by Gasteiger charge is -2.47. The van der Waals surface area contributed by atoms with Gasteiger partial charge in [0.25, 0.3) is 5.91 Å². The fraction of sp³-hybridized carbons (Fsp3) is 0.457. The number of carbonyl (C=O) groups excluding carboxylic acids is 3. The van der Waals surface area contributed by atoms with Crippen molar-refractivity contribution in [2.75, 3.05) is 123 Å². The number of aromatic nitrogens is 3. The summed E-state index contributed by atoms with van der Waals surface area (Å²) in [5.41, 5.74) is 14.7. The third-order valence-corrected chi connectivity index (χ3v) is 19.1. The molecule has 22 heteroatoms. The lowest BCUT2D eigenvalue weighted by atomic mass is 9.72. The second-order valence-corrected chi connectivity index (χ2v) is 26.1. The number of nitrogen functional groups attached to an aromatic ring is 1. The van der Waals surface area contributed by atoms with Gasteiger partial charge in [0.05, 0.1) is 107 Å². The van der Waals surface area contributed by atoms with Gasteiger partial charge >= 0.3 is 6.03 Å². The van der Waals surface area contributed by atoms with Gasteiger partial charge in [0.15, 0.2) is 5.69 Å². The zero-order valence-corrected chi connectivity index (χ0v) is 54.9. The van der Waals surface area contributed by atoms with Crippen LogP contribution < -0.4 is 20.7 Å². The van der Waals surface area contributed by atoms with Crippen LogP contribution in [0.25, 0.3) is 16.8 Å². The number of nitriles is 1. The number of nitrogens with one attached hydrogen (secondary N) is 1. The van der Waals surface area contributed by atoms with Crippen LogP contribution >= 0.6 is 23.2 Å². The topological polar surface area (TPSA) is 206 Å². The number of nitrogens with zero attached hydrogens (tertiary/aromatic N) is 9. The molecule has 11 rings (SSSR count). The highest BCUT2D eigenvalue weighted by atomic mass is 35.5. The van der Waals surface area contributed by atoms with E-state index in [2.05, 4.69) is 106 Å². The molecule has 6 heterocycles. The lowest BCUT2D eigenvalue weighted by Crippen LogP contribution is -2.58. The first-order valence-corrected chi connectivity index (χ1v) is 32.6. The Balaban J connectivity index is 0.599. The van der Waals surface area contributed by atoms with E-state index in [4.69, 9.17) is 52.6 Å². The molecule has 6 aromatic rings. The summed E-state index contributed by atoms with van der Waals surface area (Å²) < 4.78 is 46.0. The molecule has 1 aliphatic carbocycles. The van der Waals surface area contributed by atoms with Crippen molar-refractivity contribution in [1.29, 1.82) is 5.26 Å². The Morgan fingerprint density at radius 1 is 0.826 bits per heavy atom. The van der Waals surface area contributed by atoms with E-state index in [1.807, 2.05) is 42.2 Å². The van der Waals surface area contributed by atoms with Crippen LogP contribution in [0.2, 0.25) is 10.0 Å². The molecule has 0 spiro atoms. The minimum Gasteiger partial charge on any atom is -0.493 e. The lowest BCUT2D eigenvalue weighted by molar-refractivity contribution is -0.122. The molecule has 4 amide bonds. The van der Waals surface area contributed by atoms with Crippen LogP contribution in [0.15, 0.2) is 103 Å². The van der Waals surface area contributed by atoms with Crippen LogP contribution in [-0.4, -0.2) is 165 Å². The van der Waals surface area contributed by atoms with Gasteiger partial charge in [-0.3, -0.25) is 24.1 Å². The average molecular weight is 1300 g/mol. The number of urea groups is 1. The number of amides is 4. The standard InChI is InChI=1S/C70H82Cl2FN11O8/c1-7-92-61-40-49(68(2,3)4)14-20-54(61)64-56-42-70(56,48-12-17-51(72)18-13-48)69(5,47-10-15-50(71)16-11-47)84(64)67(87)81-28-26-80(27-29-81)30-32-89-34-36-91-38-37-90-35-33-88-31-22-62(85)76-23-25-83-60-45-79(6)66(86)53-21-19-52(73)41-55(53)58-9-8-24-82(58)59-39-46(44-77-65(59)75)63(60)57(43-74)78-83/h10-21,39-41,44,58H,7-9,22-38,42,45H2,1-6H3,(H2,75,77)(H,76,85)/t58-,69-,70-/m1/s1. The molecule has 486 valence electrons. The number of anilines is 2. The SMILES string of the molecule is CCOc1cc(C(C)(C)C)ccc1C1=C2C[C@]2(c2ccc(Cl)cc2)[C@@](C)(c2ccc(Cl)cc2)N1C(=O)N1CCN(CCOCCOCCOCCOCCC(=O)NCCn2nc(C#N)c3c2CN(C)C(=O)c2ccc(F)cc2[C@H]2CCCN2c2cc-3cnc2N)CC1. The summed E-state index contributed by atoms with van der Waals surface area (Å²) in [5, 5.41) is 19.2. The summed E-state index contributed by atoms with van der Waals surface area (Å²) in [7, 11) is 1.66. The number of nitrogens with two attached hydrogens (primary N) is 1. The second kappa shape index (κ2) is 28.3. The van der Waals surface area contributed by atoms with Crippen LogP contribution in [0, 0.1) is 17.1 Å². The number of piperazine rings is 1. The zero-order valence-electron chi connectivity index (χ0n) is 53.4. The number of hydrogen-bond donors (Lipinski definition) is 2. The average Bonchev–Trinajstić information content (AvgIpc) is 1.47. The van der Waals surface area contributed by atoms with Gasteiger partial charge in [0, 0.05) is 97.8 Å². The number of benzene rings is 4. The fourth-order valence-corrected chi connectivity index (χ4v) is 14.0. The minimum absolute atomic E-state index is 0.0509. The summed E-state index contributed by atoms with van der Waals surface area (Å²) in [4.78, 5) is 57.2. The molecule has 19 nitrogen and oxygen atoms in total. The summed E-state index contributed by atoms with van der Waals surface area (Å²) in [5.74, 6) is 0.0780. The molecule has 2 saturated heterocycles. The first-order valence-electron chi connectivity index (χ1n) is 31.9. The maximum atomic E-state index is 15.6. The van der Waals surface area contributed by atoms with Crippen molar-refractivity contribution >= 4 is 58.2 Å². The highest BCUT2D eigenvalue weighted by molar-refractivity contribution is 6.30. The molecule has 3 atom stereocenters. The molecule has 3 fully saturated rings. The molecule has 4 aliphatic heterocycles. The fourth-order valence-electron chi connectivity index (χ4n) is 13.7. The molecule has 92 heavy (non-hydrogen) atoms. The molecule has 0 unspecified atom stereocenters. The zero-order chi connectivity index (χ0) is 64.9. The Kier molecular flexibility index (Phi) is 20.3. The van der Waals surface area contributed by atoms with Gasteiger partial charge in [0.2, 0.25) is 5.91 Å². The van der Waals surface area contributed by atoms with Gasteiger partial charge in [-0.2, -0.15) is 10.4 Å². The summed E-state index contributed by atoms with van der Waals surface area (Å²) in [6, 6.07) is 30.5. The number of pyridine rings is 1. The Hall–Kier alpha value is -7.61. The normalized spacial score (nSPS) is 19.7. The summed E-state index contributed by atoms with van der Waals surface area (Å²) >= 11 is 13.0. The largest absolute Gasteiger partial charge is 0.493 e. The predicted molar refractivity (Wildman–Crippen MR) is 352 cm³/mol. The van der Waals surface area contributed by atoms with E-state index < -0.39 is 16.8 Å². The van der Waals surface area contributed by atoms with Crippen molar-refractivity contribution in [1.82, 2.24) is 39.7 Å². The number of hydrogen-bond acceptors (Lipinski definition) is 14. The molecule has 3 N–H and O–H groups in total. The first-order chi connectivity index (χ1) is 44.4. The van der Waals surface area contributed by atoms with E-state index in [-0.39, 0.29) is 73.5 Å². The molecule has 4 aromatic carbocycles. The van der Waals surface area contributed by atoms with Gasteiger partial charge < -0.3 is 49.4 Å². The van der Waals surface area contributed by atoms with E-state index in [0.29, 0.717) is 136 Å². The van der Waals surface area contributed by atoms with Gasteiger partial charge in [-0.25, -0.2) is 14.2 Å². The Morgan fingerprint density at radius 3 is 2.14 bits per heavy atom. The van der Waals surface area contributed by atoms with Crippen molar-refractivity contribution in [2.24, 2.45) is 0 Å². The summed E-state index contributed by atoms with van der Waals surface area (Å²) in [6.07, 6.45) is 3.98. The Bertz CT molecular complexity index is 3750. The van der Waals surface area contributed by atoms with E-state index in [1.165, 1.54) is 28.7 Å². The number of carbonyl (C=O) groups is 3. The van der Waals surface area contributed by atoms with Crippen LogP contribution in [0.3, 0.4) is 0 Å². The molecule has 1 saturated carbocycles. The van der Waals surface area contributed by atoms with Crippen LogP contribution in [0.1, 0.15) is 116 Å². The van der Waals surface area contributed by atoms with Gasteiger partial charge in [-0.05, 0) is 127 Å². The first kappa shape index (κ1) is 65.9. The highest BCUT2D eigenvalue weighted by Crippen LogP contribution is 2.74. The van der Waals surface area contributed by atoms with Crippen LogP contribution in [0.5, 0.6) is 5.75 Å². The third kappa shape index (κ3) is 13.5. The van der Waals surface area contributed by atoms with Crippen LogP contribution in [-0.2, 0) is 53.2 Å². The van der Waals surface area contributed by atoms with Gasteiger partial charge in [0.1, 0.15) is 23.5 Å². The maximum Gasteiger partial charge on any atom is 0.325 e. The molecule has 2 aromatic heterocycles. The van der Waals surface area contributed by atoms with Crippen molar-refractivity contribution < 1.29 is 42.5 Å². The monoisotopic (exact) mass is 1290 g/mol. The summed E-state index contributed by atoms with van der Waals surface area (Å²) in [6.45, 7) is 18.5. The van der Waals surface area contributed by atoms with Gasteiger partial charge in [-0.15, -0.1) is 0 Å². The van der Waals surface area contributed by atoms with E-state index in [9.17, 15) is 19.2 Å². The van der Waals surface area contributed by atoms with Crippen LogP contribution in [0.4, 0.5) is 20.7 Å². The van der Waals surface area contributed by atoms with Gasteiger partial charge in [-0.1, -0.05) is 74.3 Å². The van der Waals surface area contributed by atoms with Crippen molar-refractivity contribution in [2.45, 2.75) is 95.8 Å². The predicted octanol–water partition coefficient (Wildman–Crippen LogP) is 10.8. The van der Waals surface area contributed by atoms with Crippen molar-refractivity contribution in [3.63, 3.8) is 0 Å². The maximum absolute atomic E-state index is 15.6. The second-order valence-electron chi connectivity index (χ2n) is 25.3. The molecular weight excluding hydrogens is 1210 g/mol. The minimum atomic E-state index is -0.828. The number of rotatable bonds is 23. The third-order valence-electron chi connectivity index (χ3n) is 18.6. The van der Waals surface area contributed by atoms with E-state index in [0.717, 1.165) is 53.1 Å². The van der Waals surface area contributed by atoms with E-state index in [1.54, 1.807) is 17.9 Å². The number of fused-ring (bicyclic) bond motifs is 9. The van der Waals surface area contributed by atoms with Crippen molar-refractivity contribution in [3.8, 4) is 22.9 Å². The smallest absolute Gasteiger partial charge is 0.325 e. The molecular formula is C70H82Cl2FN11O8. The molecule has 5 aliphatic rings. The molecule has 0 radical (unpaired) electrons. The Morgan fingerprint density at radius 2 is 1.48 bits per heavy atom.